The number of rotatable bonds is 11. The van der Waals surface area contributed by atoms with Gasteiger partial charge in [-0.15, -0.1) is 0 Å². The highest BCUT2D eigenvalue weighted by Gasteiger charge is 2.31. The molecule has 2 amide bonds. The maximum atomic E-state index is 13.5. The van der Waals surface area contributed by atoms with Crippen LogP contribution in [-0.4, -0.2) is 49.5 Å². The van der Waals surface area contributed by atoms with Crippen LogP contribution in [0.5, 0.6) is 0 Å². The molecular formula is C26H35Cl2N3O4S. The van der Waals surface area contributed by atoms with E-state index in [1.54, 1.807) is 48.5 Å². The molecule has 1 atom stereocenters. The molecule has 0 saturated carbocycles. The van der Waals surface area contributed by atoms with Gasteiger partial charge in [0.05, 0.1) is 11.9 Å². The summed E-state index contributed by atoms with van der Waals surface area (Å²) in [6, 6.07) is 13.0. The molecule has 0 aliphatic carbocycles. The van der Waals surface area contributed by atoms with Crippen molar-refractivity contribution in [1.29, 1.82) is 0 Å². The van der Waals surface area contributed by atoms with Crippen molar-refractivity contribution >= 4 is 50.7 Å². The maximum Gasteiger partial charge on any atom is 0.243 e. The average molecular weight is 557 g/mol. The molecule has 0 saturated heterocycles. The molecule has 2 aromatic carbocycles. The lowest BCUT2D eigenvalue weighted by atomic mass is 10.0. The third kappa shape index (κ3) is 8.98. The van der Waals surface area contributed by atoms with Gasteiger partial charge in [-0.3, -0.25) is 13.9 Å². The largest absolute Gasteiger partial charge is 0.350 e. The third-order valence-corrected chi connectivity index (χ3v) is 7.22. The van der Waals surface area contributed by atoms with Crippen LogP contribution in [-0.2, 0) is 26.2 Å². The van der Waals surface area contributed by atoms with Crippen LogP contribution in [0.15, 0.2) is 48.5 Å². The lowest BCUT2D eigenvalue weighted by Crippen LogP contribution is -2.53. The van der Waals surface area contributed by atoms with Crippen molar-refractivity contribution in [2.45, 2.75) is 65.1 Å². The van der Waals surface area contributed by atoms with Gasteiger partial charge in [0.1, 0.15) is 6.04 Å². The summed E-state index contributed by atoms with van der Waals surface area (Å²) in [6.45, 7) is 7.74. The molecule has 36 heavy (non-hydrogen) atoms. The molecule has 2 rings (SSSR count). The fourth-order valence-corrected chi connectivity index (χ4v) is 5.24. The summed E-state index contributed by atoms with van der Waals surface area (Å²) in [5, 5.41) is 3.83. The number of halogens is 2. The average Bonchev–Trinajstić information content (AvgIpc) is 2.76. The molecule has 0 bridgehead atoms. The van der Waals surface area contributed by atoms with Crippen molar-refractivity contribution in [3.05, 3.63) is 64.1 Å². The summed E-state index contributed by atoms with van der Waals surface area (Å²) >= 11 is 12.4. The zero-order chi connectivity index (χ0) is 27.1. The van der Waals surface area contributed by atoms with E-state index in [4.69, 9.17) is 23.2 Å². The van der Waals surface area contributed by atoms with Crippen LogP contribution in [0.25, 0.3) is 0 Å². The van der Waals surface area contributed by atoms with Gasteiger partial charge in [-0.25, -0.2) is 8.42 Å². The second-order valence-corrected chi connectivity index (χ2v) is 12.4. The van der Waals surface area contributed by atoms with Crippen molar-refractivity contribution < 1.29 is 18.0 Å². The Morgan fingerprint density at radius 3 is 2.22 bits per heavy atom. The fraction of sp³-hybridized carbons (Fsp3) is 0.462. The van der Waals surface area contributed by atoms with Gasteiger partial charge in [0.15, 0.2) is 0 Å². The molecule has 0 fully saturated rings. The van der Waals surface area contributed by atoms with Gasteiger partial charge < -0.3 is 10.2 Å². The number of amides is 2. The summed E-state index contributed by atoms with van der Waals surface area (Å²) in [5.74, 6) is -0.524. The number of carbonyl (C=O) groups is 2. The van der Waals surface area contributed by atoms with Crippen molar-refractivity contribution in [3.8, 4) is 0 Å². The van der Waals surface area contributed by atoms with Crippen LogP contribution in [0, 0.1) is 0 Å². The Labute approximate surface area is 224 Å². The van der Waals surface area contributed by atoms with Crippen LogP contribution >= 0.6 is 23.2 Å². The Morgan fingerprint density at radius 2 is 1.69 bits per heavy atom. The molecule has 7 nitrogen and oxygen atoms in total. The third-order valence-electron chi connectivity index (χ3n) is 5.44. The second-order valence-electron chi connectivity index (χ2n) is 9.69. The molecule has 2 aromatic rings. The van der Waals surface area contributed by atoms with E-state index in [-0.39, 0.29) is 37.7 Å². The van der Waals surface area contributed by atoms with Crippen molar-refractivity contribution in [3.63, 3.8) is 0 Å². The van der Waals surface area contributed by atoms with Crippen LogP contribution in [0.1, 0.15) is 52.5 Å². The first kappa shape index (κ1) is 29.9. The minimum Gasteiger partial charge on any atom is -0.350 e. The second kappa shape index (κ2) is 12.8. The highest BCUT2D eigenvalue weighted by atomic mass is 35.5. The Balaban J connectivity index is 2.26. The topological polar surface area (TPSA) is 86.8 Å². The summed E-state index contributed by atoms with van der Waals surface area (Å²) in [7, 11) is -3.53. The number of hydrogen-bond acceptors (Lipinski definition) is 4. The van der Waals surface area contributed by atoms with Gasteiger partial charge in [0.25, 0.3) is 0 Å². The summed E-state index contributed by atoms with van der Waals surface area (Å²) in [5.41, 5.74) is 0.731. The zero-order valence-corrected chi connectivity index (χ0v) is 23.8. The lowest BCUT2D eigenvalue weighted by Gasteiger charge is -2.33. The van der Waals surface area contributed by atoms with Gasteiger partial charge in [-0.05, 0) is 63.4 Å². The molecule has 0 aliphatic heterocycles. The van der Waals surface area contributed by atoms with Gasteiger partial charge in [0.2, 0.25) is 21.8 Å². The standard InChI is InChI=1S/C26H35Cl2N3O4S/c1-6-23(25(33)29-26(2,3)4)30(18-19-14-15-20(27)17-22(19)28)24(32)13-10-16-31(36(5,34)35)21-11-8-7-9-12-21/h7-9,11-12,14-15,17,23H,6,10,13,16,18H2,1-5H3,(H,29,33)/t23-/m1/s1. The van der Waals surface area contributed by atoms with Crippen LogP contribution < -0.4 is 9.62 Å². The molecule has 0 radical (unpaired) electrons. The van der Waals surface area contributed by atoms with E-state index in [0.29, 0.717) is 27.7 Å². The number of hydrogen-bond donors (Lipinski definition) is 1. The number of anilines is 1. The van der Waals surface area contributed by atoms with Gasteiger partial charge >= 0.3 is 0 Å². The van der Waals surface area contributed by atoms with Crippen LogP contribution in [0.4, 0.5) is 5.69 Å². The molecule has 0 heterocycles. The smallest absolute Gasteiger partial charge is 0.243 e. The number of benzene rings is 2. The van der Waals surface area contributed by atoms with E-state index in [0.717, 1.165) is 6.26 Å². The predicted molar refractivity (Wildman–Crippen MR) is 147 cm³/mol. The number of nitrogens with zero attached hydrogens (tertiary/aromatic N) is 2. The summed E-state index contributed by atoms with van der Waals surface area (Å²) < 4.78 is 26.0. The van der Waals surface area contributed by atoms with Crippen molar-refractivity contribution in [2.24, 2.45) is 0 Å². The van der Waals surface area contributed by atoms with E-state index < -0.39 is 21.6 Å². The quantitative estimate of drug-likeness (QED) is 0.409. The molecule has 0 unspecified atom stereocenters. The number of carbonyl (C=O) groups excluding carboxylic acids is 2. The maximum absolute atomic E-state index is 13.5. The first-order chi connectivity index (χ1) is 16.7. The van der Waals surface area contributed by atoms with Crippen LogP contribution in [0.2, 0.25) is 10.0 Å². The molecule has 0 spiro atoms. The molecule has 0 aliphatic rings. The molecular weight excluding hydrogens is 521 g/mol. The summed E-state index contributed by atoms with van der Waals surface area (Å²) in [6.07, 6.45) is 1.88. The Morgan fingerprint density at radius 1 is 1.06 bits per heavy atom. The van der Waals surface area contributed by atoms with Crippen LogP contribution in [0.3, 0.4) is 0 Å². The van der Waals surface area contributed by atoms with E-state index in [2.05, 4.69) is 5.32 Å². The minimum absolute atomic E-state index is 0.0589. The van der Waals surface area contributed by atoms with E-state index in [1.165, 1.54) is 9.21 Å². The fourth-order valence-electron chi connectivity index (χ4n) is 3.80. The van der Waals surface area contributed by atoms with Crippen molar-refractivity contribution in [1.82, 2.24) is 10.2 Å². The van der Waals surface area contributed by atoms with Crippen molar-refractivity contribution in [2.75, 3.05) is 17.1 Å². The first-order valence-corrected chi connectivity index (χ1v) is 14.4. The number of sulfonamides is 1. The summed E-state index contributed by atoms with van der Waals surface area (Å²) in [4.78, 5) is 28.1. The predicted octanol–water partition coefficient (Wildman–Crippen LogP) is 5.26. The number of para-hydroxylation sites is 1. The Kier molecular flexibility index (Phi) is 10.6. The van der Waals surface area contributed by atoms with E-state index >= 15 is 0 Å². The van der Waals surface area contributed by atoms with Gasteiger partial charge in [0, 0.05) is 35.1 Å². The van der Waals surface area contributed by atoms with E-state index in [1.807, 2.05) is 27.7 Å². The molecule has 198 valence electrons. The Hall–Kier alpha value is -2.29. The monoisotopic (exact) mass is 555 g/mol. The molecule has 1 N–H and O–H groups in total. The van der Waals surface area contributed by atoms with E-state index in [9.17, 15) is 18.0 Å². The van der Waals surface area contributed by atoms with Gasteiger partial charge in [-0.1, -0.05) is 54.4 Å². The highest BCUT2D eigenvalue weighted by Crippen LogP contribution is 2.25. The lowest BCUT2D eigenvalue weighted by molar-refractivity contribution is -0.142. The normalized spacial score (nSPS) is 12.6. The minimum atomic E-state index is -3.53. The van der Waals surface area contributed by atoms with Gasteiger partial charge in [-0.2, -0.15) is 0 Å². The number of nitrogens with one attached hydrogen (secondary N) is 1. The Bertz CT molecular complexity index is 1150. The molecule has 10 heteroatoms. The zero-order valence-electron chi connectivity index (χ0n) is 21.4. The highest BCUT2D eigenvalue weighted by molar-refractivity contribution is 7.92. The molecule has 0 aromatic heterocycles. The first-order valence-electron chi connectivity index (χ1n) is 11.8. The SMILES string of the molecule is CC[C@H](C(=O)NC(C)(C)C)N(Cc1ccc(Cl)cc1Cl)C(=O)CCCN(c1ccccc1)S(C)(=O)=O.